The first-order valence-corrected chi connectivity index (χ1v) is 6.09. The van der Waals surface area contributed by atoms with Gasteiger partial charge in [-0.1, -0.05) is 30.3 Å². The van der Waals surface area contributed by atoms with Crippen molar-refractivity contribution in [3.8, 4) is 0 Å². The van der Waals surface area contributed by atoms with Gasteiger partial charge < -0.3 is 5.32 Å². The zero-order chi connectivity index (χ0) is 11.5. The zero-order valence-electron chi connectivity index (χ0n) is 9.76. The van der Waals surface area contributed by atoms with E-state index in [-0.39, 0.29) is 0 Å². The van der Waals surface area contributed by atoms with E-state index < -0.39 is 0 Å². The van der Waals surface area contributed by atoms with Crippen LogP contribution in [0, 0.1) is 0 Å². The van der Waals surface area contributed by atoms with Crippen LogP contribution in [0.25, 0.3) is 0 Å². The van der Waals surface area contributed by atoms with E-state index in [9.17, 15) is 0 Å². The van der Waals surface area contributed by atoms with Crippen LogP contribution >= 0.6 is 0 Å². The first-order chi connectivity index (χ1) is 8.42. The summed E-state index contributed by atoms with van der Waals surface area (Å²) in [5.41, 5.74) is 1.27. The predicted molar refractivity (Wildman–Crippen MR) is 65.8 cm³/mol. The number of aromatic nitrogens is 3. The van der Waals surface area contributed by atoms with Crippen LogP contribution in [0.15, 0.2) is 30.3 Å². The average molecular weight is 228 g/mol. The molecule has 1 N–H and O–H groups in total. The third kappa shape index (κ3) is 2.36. The Labute approximate surface area is 101 Å². The van der Waals surface area contributed by atoms with Crippen molar-refractivity contribution in [1.29, 1.82) is 0 Å². The van der Waals surface area contributed by atoms with Crippen LogP contribution in [-0.2, 0) is 19.4 Å². The highest BCUT2D eigenvalue weighted by atomic mass is 15.4. The number of benzene rings is 1. The van der Waals surface area contributed by atoms with Crippen molar-refractivity contribution in [2.75, 3.05) is 13.1 Å². The van der Waals surface area contributed by atoms with Gasteiger partial charge in [0.2, 0.25) is 0 Å². The molecule has 2 heterocycles. The van der Waals surface area contributed by atoms with Crippen LogP contribution in [0.4, 0.5) is 0 Å². The molecule has 2 aromatic rings. The predicted octanol–water partition coefficient (Wildman–Crippen LogP) is 1.01. The molecule has 0 saturated carbocycles. The lowest BCUT2D eigenvalue weighted by molar-refractivity contribution is 0.583. The van der Waals surface area contributed by atoms with Crippen molar-refractivity contribution in [3.63, 3.8) is 0 Å². The summed E-state index contributed by atoms with van der Waals surface area (Å²) >= 11 is 0. The topological polar surface area (TPSA) is 42.7 Å². The van der Waals surface area contributed by atoms with E-state index in [1.54, 1.807) is 0 Å². The van der Waals surface area contributed by atoms with Crippen LogP contribution in [0.5, 0.6) is 0 Å². The maximum absolute atomic E-state index is 4.62. The fourth-order valence-corrected chi connectivity index (χ4v) is 2.15. The molecular formula is C13H16N4. The van der Waals surface area contributed by atoms with Crippen LogP contribution < -0.4 is 5.32 Å². The molecule has 0 aliphatic carbocycles. The Hall–Kier alpha value is -1.68. The van der Waals surface area contributed by atoms with Gasteiger partial charge in [0.05, 0.1) is 6.54 Å². The summed E-state index contributed by atoms with van der Waals surface area (Å²) in [5.74, 6) is 2.05. The van der Waals surface area contributed by atoms with E-state index in [2.05, 4.69) is 39.7 Å². The lowest BCUT2D eigenvalue weighted by Gasteiger charge is -1.98. The lowest BCUT2D eigenvalue weighted by atomic mass is 10.1. The molecule has 17 heavy (non-hydrogen) atoms. The number of fused-ring (bicyclic) bond motifs is 1. The summed E-state index contributed by atoms with van der Waals surface area (Å²) in [6.45, 7) is 2.92. The van der Waals surface area contributed by atoms with Crippen molar-refractivity contribution in [2.45, 2.75) is 19.4 Å². The fraction of sp³-hybridized carbons (Fsp3) is 0.385. The monoisotopic (exact) mass is 228 g/mol. The smallest absolute Gasteiger partial charge is 0.155 e. The van der Waals surface area contributed by atoms with Crippen molar-refractivity contribution in [1.82, 2.24) is 20.1 Å². The third-order valence-corrected chi connectivity index (χ3v) is 3.02. The van der Waals surface area contributed by atoms with E-state index in [4.69, 9.17) is 0 Å². The minimum absolute atomic E-state index is 0.828. The van der Waals surface area contributed by atoms with Crippen molar-refractivity contribution in [3.05, 3.63) is 47.5 Å². The molecular weight excluding hydrogens is 212 g/mol. The molecule has 0 atom stereocenters. The number of rotatable bonds is 2. The average Bonchev–Trinajstić information content (AvgIpc) is 2.60. The molecule has 1 aromatic carbocycles. The maximum atomic E-state index is 4.62. The van der Waals surface area contributed by atoms with Crippen molar-refractivity contribution >= 4 is 0 Å². The summed E-state index contributed by atoms with van der Waals surface area (Å²) in [6.07, 6.45) is 1.80. The first-order valence-electron chi connectivity index (χ1n) is 6.09. The van der Waals surface area contributed by atoms with E-state index in [0.29, 0.717) is 0 Å². The van der Waals surface area contributed by atoms with Gasteiger partial charge in [-0.2, -0.15) is 5.10 Å². The van der Waals surface area contributed by atoms with Crippen LogP contribution in [0.1, 0.15) is 17.2 Å². The number of nitrogens with zero attached hydrogens (tertiary/aromatic N) is 3. The SMILES string of the molecule is c1ccc(Cc2nc3n(n2)CCNCC3)cc1. The van der Waals surface area contributed by atoms with Gasteiger partial charge in [0.1, 0.15) is 5.82 Å². The molecule has 1 aliphatic heterocycles. The van der Waals surface area contributed by atoms with Gasteiger partial charge in [-0.05, 0) is 5.56 Å². The summed E-state index contributed by atoms with van der Waals surface area (Å²) in [5, 5.41) is 7.92. The highest BCUT2D eigenvalue weighted by molar-refractivity contribution is 5.18. The first kappa shape index (κ1) is 10.5. The molecule has 0 amide bonds. The molecule has 0 spiro atoms. The van der Waals surface area contributed by atoms with Gasteiger partial charge in [-0.3, -0.25) is 0 Å². The largest absolute Gasteiger partial charge is 0.314 e. The Morgan fingerprint density at radius 3 is 2.94 bits per heavy atom. The summed E-state index contributed by atoms with van der Waals surface area (Å²) < 4.78 is 2.04. The number of hydrogen-bond donors (Lipinski definition) is 1. The van der Waals surface area contributed by atoms with Gasteiger partial charge in [0.15, 0.2) is 5.82 Å². The standard InChI is InChI=1S/C13H16N4/c1-2-4-11(5-3-1)10-12-15-13-6-7-14-8-9-17(13)16-12/h1-5,14H,6-10H2. The second-order valence-corrected chi connectivity index (χ2v) is 4.33. The maximum Gasteiger partial charge on any atom is 0.155 e. The molecule has 0 radical (unpaired) electrons. The van der Waals surface area contributed by atoms with Gasteiger partial charge in [-0.15, -0.1) is 0 Å². The van der Waals surface area contributed by atoms with Crippen LogP contribution in [0.2, 0.25) is 0 Å². The Morgan fingerprint density at radius 1 is 1.18 bits per heavy atom. The summed E-state index contributed by atoms with van der Waals surface area (Å²) in [6, 6.07) is 10.4. The minimum Gasteiger partial charge on any atom is -0.314 e. The summed E-state index contributed by atoms with van der Waals surface area (Å²) in [7, 11) is 0. The van der Waals surface area contributed by atoms with Gasteiger partial charge >= 0.3 is 0 Å². The second kappa shape index (κ2) is 4.67. The Morgan fingerprint density at radius 2 is 2.06 bits per heavy atom. The summed E-state index contributed by atoms with van der Waals surface area (Å²) in [4.78, 5) is 4.62. The second-order valence-electron chi connectivity index (χ2n) is 4.33. The van der Waals surface area contributed by atoms with Gasteiger partial charge in [-0.25, -0.2) is 9.67 Å². The molecule has 0 unspecified atom stereocenters. The fourth-order valence-electron chi connectivity index (χ4n) is 2.15. The molecule has 0 saturated heterocycles. The van der Waals surface area contributed by atoms with E-state index in [1.807, 2.05) is 10.7 Å². The molecule has 3 rings (SSSR count). The van der Waals surface area contributed by atoms with E-state index in [1.165, 1.54) is 5.56 Å². The molecule has 0 fully saturated rings. The van der Waals surface area contributed by atoms with Gasteiger partial charge in [0, 0.05) is 25.9 Å². The molecule has 1 aromatic heterocycles. The lowest BCUT2D eigenvalue weighted by Crippen LogP contribution is -2.18. The molecule has 4 nitrogen and oxygen atoms in total. The minimum atomic E-state index is 0.828. The molecule has 4 heteroatoms. The number of nitrogens with one attached hydrogen (secondary N) is 1. The van der Waals surface area contributed by atoms with Crippen LogP contribution in [-0.4, -0.2) is 27.9 Å². The van der Waals surface area contributed by atoms with Crippen molar-refractivity contribution < 1.29 is 0 Å². The molecule has 88 valence electrons. The zero-order valence-corrected chi connectivity index (χ0v) is 9.76. The van der Waals surface area contributed by atoms with Crippen LogP contribution in [0.3, 0.4) is 0 Å². The number of hydrogen-bond acceptors (Lipinski definition) is 3. The Balaban J connectivity index is 1.81. The highest BCUT2D eigenvalue weighted by Crippen LogP contribution is 2.08. The van der Waals surface area contributed by atoms with E-state index in [0.717, 1.165) is 44.1 Å². The van der Waals surface area contributed by atoms with Crippen molar-refractivity contribution in [2.24, 2.45) is 0 Å². The highest BCUT2D eigenvalue weighted by Gasteiger charge is 2.12. The Bertz CT molecular complexity index is 466. The van der Waals surface area contributed by atoms with Gasteiger partial charge in [0.25, 0.3) is 0 Å². The quantitative estimate of drug-likeness (QED) is 0.834. The van der Waals surface area contributed by atoms with E-state index >= 15 is 0 Å². The normalized spacial score (nSPS) is 15.3. The molecule has 0 bridgehead atoms. The Kier molecular flexibility index (Phi) is 2.88. The third-order valence-electron chi connectivity index (χ3n) is 3.02. The molecule has 1 aliphatic rings.